The highest BCUT2D eigenvalue weighted by atomic mass is 16.5. The minimum Gasteiger partial charge on any atom is -0.493 e. The summed E-state index contributed by atoms with van der Waals surface area (Å²) in [6.07, 6.45) is 5.68. The minimum absolute atomic E-state index is 0.00944. The predicted molar refractivity (Wildman–Crippen MR) is 99.3 cm³/mol. The van der Waals surface area contributed by atoms with E-state index in [0.717, 1.165) is 25.7 Å². The second-order valence-electron chi connectivity index (χ2n) is 6.49. The van der Waals surface area contributed by atoms with Gasteiger partial charge >= 0.3 is 5.97 Å². The van der Waals surface area contributed by atoms with Gasteiger partial charge in [0.15, 0.2) is 17.6 Å². The van der Waals surface area contributed by atoms with Crippen molar-refractivity contribution < 1.29 is 24.2 Å². The lowest BCUT2D eigenvalue weighted by molar-refractivity contribution is -0.144. The van der Waals surface area contributed by atoms with Crippen LogP contribution >= 0.6 is 0 Å². The maximum absolute atomic E-state index is 12.4. The second-order valence-corrected chi connectivity index (χ2v) is 6.49. The van der Waals surface area contributed by atoms with Gasteiger partial charge in [-0.3, -0.25) is 4.79 Å². The second kappa shape index (κ2) is 9.62. The van der Waals surface area contributed by atoms with Gasteiger partial charge in [0, 0.05) is 6.04 Å². The molecule has 27 heavy (non-hydrogen) atoms. The van der Waals surface area contributed by atoms with Gasteiger partial charge in [0.05, 0.1) is 7.11 Å². The maximum atomic E-state index is 12.4. The van der Waals surface area contributed by atoms with Crippen LogP contribution < -0.4 is 14.8 Å². The molecule has 0 spiro atoms. The number of carboxylic acid groups (broad SMARTS) is 1. The molecule has 7 nitrogen and oxygen atoms in total. The van der Waals surface area contributed by atoms with E-state index in [1.54, 1.807) is 18.2 Å². The lowest BCUT2D eigenvalue weighted by atomic mass is 9.95. The molecule has 0 radical (unpaired) electrons. The van der Waals surface area contributed by atoms with Crippen LogP contribution in [0.5, 0.6) is 11.5 Å². The maximum Gasteiger partial charge on any atom is 0.344 e. The van der Waals surface area contributed by atoms with Crippen molar-refractivity contribution in [3.8, 4) is 17.6 Å². The summed E-state index contributed by atoms with van der Waals surface area (Å²) in [5.74, 6) is -0.882. The molecule has 2 N–H and O–H groups in total. The monoisotopic (exact) mass is 372 g/mol. The zero-order valence-electron chi connectivity index (χ0n) is 15.5. The Labute approximate surface area is 158 Å². The molecule has 1 atom stereocenters. The molecule has 144 valence electrons. The first kappa shape index (κ1) is 20.3. The number of nitrogens with one attached hydrogen (secondary N) is 1. The number of amides is 1. The van der Waals surface area contributed by atoms with E-state index in [-0.39, 0.29) is 23.3 Å². The average molecular weight is 372 g/mol. The Morgan fingerprint density at radius 1 is 1.30 bits per heavy atom. The molecule has 1 aromatic carbocycles. The van der Waals surface area contributed by atoms with Crippen LogP contribution in [0.15, 0.2) is 23.8 Å². The molecule has 7 heteroatoms. The van der Waals surface area contributed by atoms with Crippen LogP contribution in [0.4, 0.5) is 0 Å². The summed E-state index contributed by atoms with van der Waals surface area (Å²) in [4.78, 5) is 23.3. The third kappa shape index (κ3) is 5.74. The number of carbonyl (C=O) groups is 2. The number of benzene rings is 1. The molecule has 2 rings (SSSR count). The van der Waals surface area contributed by atoms with E-state index in [9.17, 15) is 14.9 Å². The van der Waals surface area contributed by atoms with Crippen LogP contribution in [0.1, 0.15) is 44.6 Å². The number of nitrogens with zero attached hydrogens (tertiary/aromatic N) is 1. The topological polar surface area (TPSA) is 109 Å². The first-order valence-electron chi connectivity index (χ1n) is 8.94. The Hall–Kier alpha value is -3.01. The Balaban J connectivity index is 2.16. The number of nitriles is 1. The summed E-state index contributed by atoms with van der Waals surface area (Å²) in [6, 6.07) is 6.84. The fourth-order valence-corrected chi connectivity index (χ4v) is 2.94. The van der Waals surface area contributed by atoms with E-state index in [1.807, 2.05) is 6.07 Å². The molecule has 1 fully saturated rings. The van der Waals surface area contributed by atoms with Gasteiger partial charge in [0.25, 0.3) is 5.91 Å². The fourth-order valence-electron chi connectivity index (χ4n) is 2.94. The van der Waals surface area contributed by atoms with Crippen LogP contribution in [0, 0.1) is 11.3 Å². The van der Waals surface area contributed by atoms with E-state index in [2.05, 4.69) is 5.32 Å². The zero-order chi connectivity index (χ0) is 19.8. The van der Waals surface area contributed by atoms with Crippen molar-refractivity contribution in [1.29, 1.82) is 5.26 Å². The van der Waals surface area contributed by atoms with Crippen LogP contribution in [-0.4, -0.2) is 36.2 Å². The third-order valence-electron chi connectivity index (χ3n) is 4.46. The molecular weight excluding hydrogens is 348 g/mol. The number of aliphatic carboxylic acids is 1. The van der Waals surface area contributed by atoms with Crippen molar-refractivity contribution in [3.05, 3.63) is 29.3 Å². The van der Waals surface area contributed by atoms with Gasteiger partial charge in [0.2, 0.25) is 0 Å². The van der Waals surface area contributed by atoms with E-state index in [0.29, 0.717) is 11.3 Å². The number of ether oxygens (including phenoxy) is 2. The summed E-state index contributed by atoms with van der Waals surface area (Å²) in [5.41, 5.74) is 0.590. The van der Waals surface area contributed by atoms with E-state index < -0.39 is 12.1 Å². The normalized spacial score (nSPS) is 16.1. The van der Waals surface area contributed by atoms with Crippen LogP contribution in [0.25, 0.3) is 6.08 Å². The molecule has 1 saturated carbocycles. The smallest absolute Gasteiger partial charge is 0.344 e. The van der Waals surface area contributed by atoms with Gasteiger partial charge in [-0.05, 0) is 43.5 Å². The molecule has 1 aliphatic carbocycles. The lowest BCUT2D eigenvalue weighted by Crippen LogP contribution is -2.36. The summed E-state index contributed by atoms with van der Waals surface area (Å²) < 4.78 is 10.6. The molecule has 0 aliphatic heterocycles. The highest BCUT2D eigenvalue weighted by Gasteiger charge is 2.19. The number of rotatable bonds is 7. The van der Waals surface area contributed by atoms with Crippen molar-refractivity contribution in [2.24, 2.45) is 0 Å². The predicted octanol–water partition coefficient (Wildman–Crippen LogP) is 2.90. The lowest BCUT2D eigenvalue weighted by Gasteiger charge is -2.22. The molecule has 1 amide bonds. The number of methoxy groups -OCH3 is 1. The fraction of sp³-hybridized carbons (Fsp3) is 0.450. The molecule has 0 aromatic heterocycles. The Bertz CT molecular complexity index is 760. The molecule has 0 unspecified atom stereocenters. The number of hydrogen-bond donors (Lipinski definition) is 2. The van der Waals surface area contributed by atoms with Gasteiger partial charge < -0.3 is 19.9 Å². The first-order valence-corrected chi connectivity index (χ1v) is 8.94. The number of carbonyl (C=O) groups excluding carboxylic acids is 1. The van der Waals surface area contributed by atoms with Crippen LogP contribution in [0.2, 0.25) is 0 Å². The summed E-state index contributed by atoms with van der Waals surface area (Å²) in [6.45, 7) is 1.42. The van der Waals surface area contributed by atoms with Gasteiger partial charge in [0.1, 0.15) is 11.6 Å². The van der Waals surface area contributed by atoms with Crippen molar-refractivity contribution in [2.45, 2.75) is 51.2 Å². The molecule has 1 aromatic rings. The number of carboxylic acids is 1. The average Bonchev–Trinajstić information content (AvgIpc) is 2.67. The largest absolute Gasteiger partial charge is 0.493 e. The summed E-state index contributed by atoms with van der Waals surface area (Å²) in [7, 11) is 1.43. The summed E-state index contributed by atoms with van der Waals surface area (Å²) in [5, 5.41) is 21.2. The van der Waals surface area contributed by atoms with Crippen molar-refractivity contribution in [1.82, 2.24) is 5.32 Å². The van der Waals surface area contributed by atoms with Crippen molar-refractivity contribution in [3.63, 3.8) is 0 Å². The first-order chi connectivity index (χ1) is 12.9. The molecule has 0 bridgehead atoms. The quantitative estimate of drug-likeness (QED) is 0.563. The summed E-state index contributed by atoms with van der Waals surface area (Å²) >= 11 is 0. The van der Waals surface area contributed by atoms with Gasteiger partial charge in [-0.25, -0.2) is 4.79 Å². The number of hydrogen-bond acceptors (Lipinski definition) is 5. The Morgan fingerprint density at radius 2 is 2.00 bits per heavy atom. The van der Waals surface area contributed by atoms with E-state index >= 15 is 0 Å². The highest BCUT2D eigenvalue weighted by molar-refractivity contribution is 6.01. The highest BCUT2D eigenvalue weighted by Crippen LogP contribution is 2.30. The molecule has 0 heterocycles. The Kier molecular flexibility index (Phi) is 7.24. The molecular formula is C20H24N2O5. The third-order valence-corrected chi connectivity index (χ3v) is 4.46. The van der Waals surface area contributed by atoms with Crippen molar-refractivity contribution in [2.75, 3.05) is 7.11 Å². The van der Waals surface area contributed by atoms with Gasteiger partial charge in [-0.15, -0.1) is 0 Å². The van der Waals surface area contributed by atoms with Gasteiger partial charge in [-0.1, -0.05) is 25.3 Å². The Morgan fingerprint density at radius 3 is 2.59 bits per heavy atom. The SMILES string of the molecule is COc1cc(/C=C(\C#N)C(=O)NC2CCCCC2)ccc1O[C@H](C)C(=O)O. The van der Waals surface area contributed by atoms with E-state index in [1.165, 1.54) is 26.5 Å². The van der Waals surface area contributed by atoms with Crippen LogP contribution in [0.3, 0.4) is 0 Å². The minimum atomic E-state index is -1.09. The van der Waals surface area contributed by atoms with Crippen molar-refractivity contribution >= 4 is 18.0 Å². The zero-order valence-corrected chi connectivity index (χ0v) is 15.5. The molecule has 1 aliphatic rings. The molecule has 0 saturated heterocycles. The van der Waals surface area contributed by atoms with E-state index in [4.69, 9.17) is 14.6 Å². The van der Waals surface area contributed by atoms with Crippen LogP contribution in [-0.2, 0) is 9.59 Å². The standard InChI is InChI=1S/C20H24N2O5/c1-13(20(24)25)27-17-9-8-14(11-18(17)26-2)10-15(12-21)19(23)22-16-6-4-3-5-7-16/h8-11,13,16H,3-7H2,1-2H3,(H,22,23)(H,24,25)/b15-10+/t13-/m1/s1. The van der Waals surface area contributed by atoms with Gasteiger partial charge in [-0.2, -0.15) is 5.26 Å².